The molecule has 0 spiro atoms. The lowest BCUT2D eigenvalue weighted by atomic mass is 10.0. The van der Waals surface area contributed by atoms with Gasteiger partial charge in [0.2, 0.25) is 0 Å². The molecule has 1 aromatic carbocycles. The van der Waals surface area contributed by atoms with Gasteiger partial charge < -0.3 is 14.1 Å². The van der Waals surface area contributed by atoms with E-state index in [1.165, 1.54) is 11.4 Å². The lowest BCUT2D eigenvalue weighted by Crippen LogP contribution is -2.35. The fraction of sp³-hybridized carbons (Fsp3) is 0.364. The number of sulfonamides is 1. The van der Waals surface area contributed by atoms with Crippen LogP contribution in [0.3, 0.4) is 0 Å². The zero-order chi connectivity index (χ0) is 22.5. The van der Waals surface area contributed by atoms with E-state index < -0.39 is 16.0 Å². The number of hydrogen-bond donors (Lipinski definition) is 0. The van der Waals surface area contributed by atoms with Crippen LogP contribution in [0.2, 0.25) is 0 Å². The molecule has 2 aromatic heterocycles. The van der Waals surface area contributed by atoms with Crippen molar-refractivity contribution < 1.29 is 27.2 Å². The Morgan fingerprint density at radius 2 is 1.88 bits per heavy atom. The minimum atomic E-state index is -3.80. The maximum atomic E-state index is 13.3. The van der Waals surface area contributed by atoms with Crippen LogP contribution in [0.4, 0.5) is 0 Å². The van der Waals surface area contributed by atoms with Crippen LogP contribution in [-0.4, -0.2) is 56.2 Å². The molecule has 168 valence electrons. The molecule has 10 heteroatoms. The Morgan fingerprint density at radius 3 is 2.59 bits per heavy atom. The number of methoxy groups -OCH3 is 1. The molecular formula is C22H22N2O6S2. The minimum Gasteiger partial charge on any atom is -0.465 e. The fourth-order valence-electron chi connectivity index (χ4n) is 4.33. The number of amides is 1. The Morgan fingerprint density at radius 1 is 1.12 bits per heavy atom. The summed E-state index contributed by atoms with van der Waals surface area (Å²) in [6.45, 7) is 1.46. The van der Waals surface area contributed by atoms with Crippen molar-refractivity contribution in [3.63, 3.8) is 0 Å². The van der Waals surface area contributed by atoms with E-state index in [1.807, 2.05) is 18.2 Å². The summed E-state index contributed by atoms with van der Waals surface area (Å²) in [5, 5.41) is 0.844. The summed E-state index contributed by atoms with van der Waals surface area (Å²) in [5.41, 5.74) is 1.42. The van der Waals surface area contributed by atoms with Gasteiger partial charge in [-0.2, -0.15) is 4.31 Å². The average molecular weight is 475 g/mol. The number of para-hydroxylation sites is 1. The van der Waals surface area contributed by atoms with Crippen molar-refractivity contribution in [2.75, 3.05) is 26.7 Å². The number of carbonyl (C=O) groups is 2. The third-order valence-electron chi connectivity index (χ3n) is 5.98. The first-order valence-corrected chi connectivity index (χ1v) is 12.7. The van der Waals surface area contributed by atoms with Gasteiger partial charge in [-0.15, -0.1) is 11.3 Å². The molecule has 1 amide bonds. The summed E-state index contributed by atoms with van der Waals surface area (Å²) in [6, 6.07) is 9.11. The zero-order valence-corrected chi connectivity index (χ0v) is 19.1. The number of rotatable bonds is 4. The van der Waals surface area contributed by atoms with E-state index in [2.05, 4.69) is 0 Å². The summed E-state index contributed by atoms with van der Waals surface area (Å²) in [4.78, 5) is 28.0. The highest BCUT2D eigenvalue weighted by molar-refractivity contribution is 7.91. The maximum Gasteiger partial charge on any atom is 0.340 e. The third-order valence-corrected chi connectivity index (χ3v) is 9.59. The van der Waals surface area contributed by atoms with Crippen LogP contribution in [0, 0.1) is 0 Å². The molecule has 2 aliphatic heterocycles. The van der Waals surface area contributed by atoms with Gasteiger partial charge in [-0.25, -0.2) is 13.2 Å². The molecule has 0 aliphatic carbocycles. The molecule has 1 saturated heterocycles. The number of furan rings is 1. The number of carbonyl (C=O) groups excluding carboxylic acids is 2. The molecular weight excluding hydrogens is 452 g/mol. The highest BCUT2D eigenvalue weighted by Crippen LogP contribution is 2.39. The van der Waals surface area contributed by atoms with Gasteiger partial charge in [0, 0.05) is 29.9 Å². The summed E-state index contributed by atoms with van der Waals surface area (Å²) in [5.74, 6) is -0.676. The van der Waals surface area contributed by atoms with E-state index in [0.717, 1.165) is 29.6 Å². The topological polar surface area (TPSA) is 97.1 Å². The second-order valence-electron chi connectivity index (χ2n) is 7.89. The van der Waals surface area contributed by atoms with Gasteiger partial charge in [-0.3, -0.25) is 4.79 Å². The molecule has 2 aliphatic rings. The molecule has 0 saturated carbocycles. The Kier molecular flexibility index (Phi) is 5.31. The van der Waals surface area contributed by atoms with Crippen LogP contribution in [0.5, 0.6) is 0 Å². The van der Waals surface area contributed by atoms with Crippen molar-refractivity contribution in [1.29, 1.82) is 0 Å². The molecule has 1 fully saturated rings. The van der Waals surface area contributed by atoms with Crippen LogP contribution >= 0.6 is 11.3 Å². The SMILES string of the molecule is COC(=O)c1c(S(=O)(=O)N2CCCC2)sc2c1CCN(C(=O)c1cc3ccccc3o1)C2. The van der Waals surface area contributed by atoms with Crippen LogP contribution in [0.15, 0.2) is 39.0 Å². The molecule has 0 unspecified atom stereocenters. The highest BCUT2D eigenvalue weighted by Gasteiger charge is 2.38. The van der Waals surface area contributed by atoms with Crippen molar-refractivity contribution in [2.24, 2.45) is 0 Å². The van der Waals surface area contributed by atoms with E-state index in [4.69, 9.17) is 9.15 Å². The smallest absolute Gasteiger partial charge is 0.340 e. The number of nitrogens with zero attached hydrogens (tertiary/aromatic N) is 2. The average Bonchev–Trinajstić information content (AvgIpc) is 3.55. The van der Waals surface area contributed by atoms with Crippen LogP contribution in [0.25, 0.3) is 11.0 Å². The molecule has 32 heavy (non-hydrogen) atoms. The quantitative estimate of drug-likeness (QED) is 0.539. The van der Waals surface area contributed by atoms with Crippen molar-refractivity contribution in [1.82, 2.24) is 9.21 Å². The van der Waals surface area contributed by atoms with E-state index >= 15 is 0 Å². The molecule has 0 bridgehead atoms. The van der Waals surface area contributed by atoms with Gasteiger partial charge in [0.1, 0.15) is 9.79 Å². The zero-order valence-electron chi connectivity index (χ0n) is 17.5. The van der Waals surface area contributed by atoms with Crippen LogP contribution in [-0.2, 0) is 27.7 Å². The Balaban J connectivity index is 1.49. The first-order chi connectivity index (χ1) is 15.4. The second-order valence-corrected chi connectivity index (χ2v) is 11.1. The van der Waals surface area contributed by atoms with Gasteiger partial charge in [0.25, 0.3) is 15.9 Å². The summed E-state index contributed by atoms with van der Waals surface area (Å²) in [7, 11) is -2.55. The lowest BCUT2D eigenvalue weighted by Gasteiger charge is -2.26. The van der Waals surface area contributed by atoms with E-state index in [-0.39, 0.29) is 28.0 Å². The monoisotopic (exact) mass is 474 g/mol. The van der Waals surface area contributed by atoms with Crippen LogP contribution in [0.1, 0.15) is 44.2 Å². The Hall–Kier alpha value is -2.69. The minimum absolute atomic E-state index is 0.0225. The summed E-state index contributed by atoms with van der Waals surface area (Å²) in [6.07, 6.45) is 1.98. The molecule has 4 heterocycles. The molecule has 5 rings (SSSR count). The van der Waals surface area contributed by atoms with Crippen molar-refractivity contribution >= 4 is 44.2 Å². The normalized spacial score (nSPS) is 17.0. The second kappa shape index (κ2) is 8.02. The molecule has 8 nitrogen and oxygen atoms in total. The Labute approximate surface area is 189 Å². The summed E-state index contributed by atoms with van der Waals surface area (Å²) < 4.78 is 38.6. The first-order valence-electron chi connectivity index (χ1n) is 10.4. The molecule has 0 radical (unpaired) electrons. The van der Waals surface area contributed by atoms with E-state index in [9.17, 15) is 18.0 Å². The number of ether oxygens (including phenoxy) is 1. The largest absolute Gasteiger partial charge is 0.465 e. The van der Waals surface area contributed by atoms with Crippen LogP contribution < -0.4 is 0 Å². The van der Waals surface area contributed by atoms with Gasteiger partial charge in [0.05, 0.1) is 19.2 Å². The molecule has 0 atom stereocenters. The van der Waals surface area contributed by atoms with Crippen molar-refractivity contribution in [2.45, 2.75) is 30.0 Å². The standard InChI is InChI=1S/C22H22N2O6S2/c1-29-21(26)19-15-8-11-23(20(25)17-12-14-6-2-3-7-16(14)30-17)13-18(15)31-22(19)32(27,28)24-9-4-5-10-24/h2-3,6-7,12H,4-5,8-11,13H2,1H3. The predicted octanol–water partition coefficient (Wildman–Crippen LogP) is 3.26. The lowest BCUT2D eigenvalue weighted by molar-refractivity contribution is 0.0595. The number of hydrogen-bond acceptors (Lipinski definition) is 7. The summed E-state index contributed by atoms with van der Waals surface area (Å²) >= 11 is 1.07. The van der Waals surface area contributed by atoms with Gasteiger partial charge >= 0.3 is 5.97 Å². The predicted molar refractivity (Wildman–Crippen MR) is 118 cm³/mol. The molecule has 0 N–H and O–H groups in total. The van der Waals surface area contributed by atoms with E-state index in [1.54, 1.807) is 17.0 Å². The number of thiophene rings is 1. The third kappa shape index (κ3) is 3.42. The Bertz CT molecular complexity index is 1280. The van der Waals surface area contributed by atoms with Crippen molar-refractivity contribution in [3.05, 3.63) is 52.1 Å². The first kappa shape index (κ1) is 21.2. The van der Waals surface area contributed by atoms with Gasteiger partial charge in [0.15, 0.2) is 5.76 Å². The maximum absolute atomic E-state index is 13.3. The van der Waals surface area contributed by atoms with E-state index in [0.29, 0.717) is 42.1 Å². The number of benzene rings is 1. The fourth-order valence-corrected chi connectivity index (χ4v) is 7.89. The molecule has 3 aromatic rings. The van der Waals surface area contributed by atoms with Gasteiger partial charge in [-0.1, -0.05) is 18.2 Å². The highest BCUT2D eigenvalue weighted by atomic mass is 32.2. The van der Waals surface area contributed by atoms with Gasteiger partial charge in [-0.05, 0) is 37.0 Å². The van der Waals surface area contributed by atoms with Crippen molar-refractivity contribution in [3.8, 4) is 0 Å². The number of esters is 1. The number of fused-ring (bicyclic) bond motifs is 2.